The van der Waals surface area contributed by atoms with Crippen molar-refractivity contribution in [2.45, 2.75) is 41.2 Å². The highest BCUT2D eigenvalue weighted by atomic mass is 15.0. The zero-order valence-corrected chi connectivity index (χ0v) is 12.5. The quantitative estimate of drug-likeness (QED) is 0.718. The van der Waals surface area contributed by atoms with Crippen LogP contribution in [0.15, 0.2) is 29.3 Å². The largest absolute Gasteiger partial charge is 0.349 e. The Bertz CT molecular complexity index is 618. The first-order valence-corrected chi connectivity index (χ1v) is 6.81. The standard InChI is InChI=1S/C17H22N2/c1-6-19-14(4)10-16(15(19)5)11-18-17-8-7-12(2)9-13(17)3/h7-11H,6H2,1-5H3. The zero-order valence-electron chi connectivity index (χ0n) is 12.5. The minimum Gasteiger partial charge on any atom is -0.349 e. The Hall–Kier alpha value is -1.83. The van der Waals surface area contributed by atoms with Crippen molar-refractivity contribution in [1.29, 1.82) is 0 Å². The molecule has 0 saturated heterocycles. The van der Waals surface area contributed by atoms with Crippen LogP contribution in [0.25, 0.3) is 0 Å². The number of rotatable bonds is 3. The fourth-order valence-corrected chi connectivity index (χ4v) is 2.53. The van der Waals surface area contributed by atoms with Crippen LogP contribution in [0.2, 0.25) is 0 Å². The number of hydrogen-bond acceptors (Lipinski definition) is 1. The maximum Gasteiger partial charge on any atom is 0.0659 e. The van der Waals surface area contributed by atoms with Crippen molar-refractivity contribution in [1.82, 2.24) is 4.57 Å². The van der Waals surface area contributed by atoms with Gasteiger partial charge < -0.3 is 4.57 Å². The van der Waals surface area contributed by atoms with Crippen molar-refractivity contribution in [2.75, 3.05) is 0 Å². The minimum absolute atomic E-state index is 1.01. The molecule has 0 N–H and O–H groups in total. The third kappa shape index (κ3) is 2.78. The van der Waals surface area contributed by atoms with Gasteiger partial charge in [0.15, 0.2) is 0 Å². The van der Waals surface area contributed by atoms with Gasteiger partial charge in [0, 0.05) is 29.7 Å². The van der Waals surface area contributed by atoms with Gasteiger partial charge in [0.05, 0.1) is 5.69 Å². The number of nitrogens with zero attached hydrogens (tertiary/aromatic N) is 2. The van der Waals surface area contributed by atoms with Crippen LogP contribution in [0.1, 0.15) is 35.0 Å². The Labute approximate surface area is 115 Å². The monoisotopic (exact) mass is 254 g/mol. The first-order valence-electron chi connectivity index (χ1n) is 6.81. The summed E-state index contributed by atoms with van der Waals surface area (Å²) in [6, 6.07) is 8.56. The number of benzene rings is 1. The molecular weight excluding hydrogens is 232 g/mol. The fraction of sp³-hybridized carbons (Fsp3) is 0.353. The van der Waals surface area contributed by atoms with Gasteiger partial charge in [-0.1, -0.05) is 17.7 Å². The highest BCUT2D eigenvalue weighted by Crippen LogP contribution is 2.20. The Kier molecular flexibility index (Phi) is 3.89. The van der Waals surface area contributed by atoms with E-state index in [4.69, 9.17) is 0 Å². The number of aromatic nitrogens is 1. The number of hydrogen-bond donors (Lipinski definition) is 0. The van der Waals surface area contributed by atoms with Gasteiger partial charge in [-0.05, 0) is 52.3 Å². The van der Waals surface area contributed by atoms with Crippen molar-refractivity contribution in [2.24, 2.45) is 4.99 Å². The highest BCUT2D eigenvalue weighted by Gasteiger charge is 2.05. The molecule has 0 fully saturated rings. The molecule has 2 rings (SSSR count). The van der Waals surface area contributed by atoms with Gasteiger partial charge in [0.25, 0.3) is 0 Å². The summed E-state index contributed by atoms with van der Waals surface area (Å²) < 4.78 is 2.31. The van der Waals surface area contributed by atoms with E-state index in [1.165, 1.54) is 28.1 Å². The molecular formula is C17H22N2. The molecule has 0 unspecified atom stereocenters. The first kappa shape index (κ1) is 13.6. The smallest absolute Gasteiger partial charge is 0.0659 e. The second-order valence-electron chi connectivity index (χ2n) is 5.12. The van der Waals surface area contributed by atoms with Crippen LogP contribution in [-0.2, 0) is 6.54 Å². The molecule has 2 nitrogen and oxygen atoms in total. The lowest BCUT2D eigenvalue weighted by Crippen LogP contribution is -1.99. The second-order valence-corrected chi connectivity index (χ2v) is 5.12. The number of aryl methyl sites for hydroxylation is 3. The van der Waals surface area contributed by atoms with E-state index >= 15 is 0 Å². The van der Waals surface area contributed by atoms with Crippen LogP contribution in [0.5, 0.6) is 0 Å². The lowest BCUT2D eigenvalue weighted by molar-refractivity contribution is 0.718. The second kappa shape index (κ2) is 5.43. The molecule has 0 saturated carbocycles. The topological polar surface area (TPSA) is 17.3 Å². The SMILES string of the molecule is CCn1c(C)cc(C=Nc2ccc(C)cc2C)c1C. The van der Waals surface area contributed by atoms with Gasteiger partial charge in [0.1, 0.15) is 0 Å². The molecule has 2 aromatic rings. The maximum absolute atomic E-state index is 4.63. The maximum atomic E-state index is 4.63. The molecule has 0 aliphatic rings. The predicted octanol–water partition coefficient (Wildman–Crippen LogP) is 4.49. The molecule has 0 atom stereocenters. The molecule has 1 aromatic heterocycles. The predicted molar refractivity (Wildman–Crippen MR) is 82.8 cm³/mol. The van der Waals surface area contributed by atoms with Crippen LogP contribution in [0, 0.1) is 27.7 Å². The lowest BCUT2D eigenvalue weighted by atomic mass is 10.1. The van der Waals surface area contributed by atoms with Gasteiger partial charge in [-0.3, -0.25) is 4.99 Å². The summed E-state index contributed by atoms with van der Waals surface area (Å²) in [6.45, 7) is 11.7. The van der Waals surface area contributed by atoms with Crippen LogP contribution in [0.3, 0.4) is 0 Å². The Morgan fingerprint density at radius 1 is 1.11 bits per heavy atom. The average Bonchev–Trinajstić information content (AvgIpc) is 2.63. The molecule has 0 spiro atoms. The van der Waals surface area contributed by atoms with E-state index < -0.39 is 0 Å². The molecule has 0 aliphatic heterocycles. The van der Waals surface area contributed by atoms with E-state index in [1.54, 1.807) is 0 Å². The van der Waals surface area contributed by atoms with Crippen LogP contribution < -0.4 is 0 Å². The average molecular weight is 254 g/mol. The van der Waals surface area contributed by atoms with Gasteiger partial charge >= 0.3 is 0 Å². The molecule has 1 heterocycles. The molecule has 0 aliphatic carbocycles. The summed E-state index contributed by atoms with van der Waals surface area (Å²) in [5.74, 6) is 0. The van der Waals surface area contributed by atoms with E-state index in [0.29, 0.717) is 0 Å². The van der Waals surface area contributed by atoms with Crippen LogP contribution in [0.4, 0.5) is 5.69 Å². The summed E-state index contributed by atoms with van der Waals surface area (Å²) in [5, 5.41) is 0. The Morgan fingerprint density at radius 3 is 2.42 bits per heavy atom. The molecule has 1 aromatic carbocycles. The van der Waals surface area contributed by atoms with E-state index in [-0.39, 0.29) is 0 Å². The molecule has 0 amide bonds. The van der Waals surface area contributed by atoms with Crippen molar-refractivity contribution in [3.8, 4) is 0 Å². The molecule has 2 heteroatoms. The number of aliphatic imine (C=N–C) groups is 1. The fourth-order valence-electron chi connectivity index (χ4n) is 2.53. The molecule has 0 radical (unpaired) electrons. The van der Waals surface area contributed by atoms with E-state index in [1.807, 2.05) is 6.21 Å². The highest BCUT2D eigenvalue weighted by molar-refractivity contribution is 5.84. The first-order chi connectivity index (χ1) is 9.02. The molecule has 100 valence electrons. The summed E-state index contributed by atoms with van der Waals surface area (Å²) in [4.78, 5) is 4.63. The van der Waals surface area contributed by atoms with E-state index in [2.05, 4.69) is 68.4 Å². The lowest BCUT2D eigenvalue weighted by Gasteiger charge is -2.04. The summed E-state index contributed by atoms with van der Waals surface area (Å²) in [7, 11) is 0. The van der Waals surface area contributed by atoms with E-state index in [0.717, 1.165) is 12.2 Å². The van der Waals surface area contributed by atoms with Crippen molar-refractivity contribution >= 4 is 11.9 Å². The van der Waals surface area contributed by atoms with Crippen molar-refractivity contribution in [3.63, 3.8) is 0 Å². The normalized spacial score (nSPS) is 11.4. The zero-order chi connectivity index (χ0) is 14.0. The third-order valence-corrected chi connectivity index (χ3v) is 3.62. The van der Waals surface area contributed by atoms with Crippen molar-refractivity contribution < 1.29 is 0 Å². The van der Waals surface area contributed by atoms with Gasteiger partial charge in [-0.25, -0.2) is 0 Å². The Balaban J connectivity index is 2.33. The summed E-state index contributed by atoms with van der Waals surface area (Å²) in [6.07, 6.45) is 1.98. The molecule has 0 bridgehead atoms. The summed E-state index contributed by atoms with van der Waals surface area (Å²) >= 11 is 0. The van der Waals surface area contributed by atoms with Gasteiger partial charge in [-0.2, -0.15) is 0 Å². The minimum atomic E-state index is 1.01. The van der Waals surface area contributed by atoms with Gasteiger partial charge in [-0.15, -0.1) is 0 Å². The summed E-state index contributed by atoms with van der Waals surface area (Å²) in [5.41, 5.74) is 7.34. The molecule has 19 heavy (non-hydrogen) atoms. The van der Waals surface area contributed by atoms with Crippen molar-refractivity contribution in [3.05, 3.63) is 52.3 Å². The van der Waals surface area contributed by atoms with Crippen LogP contribution >= 0.6 is 0 Å². The van der Waals surface area contributed by atoms with Crippen LogP contribution in [-0.4, -0.2) is 10.8 Å². The third-order valence-electron chi connectivity index (χ3n) is 3.62. The Morgan fingerprint density at radius 2 is 1.84 bits per heavy atom. The van der Waals surface area contributed by atoms with E-state index in [9.17, 15) is 0 Å². The van der Waals surface area contributed by atoms with Gasteiger partial charge in [0.2, 0.25) is 0 Å².